The highest BCUT2D eigenvalue weighted by atomic mass is 79.9. The number of carbonyl (C=O) groups excluding carboxylic acids is 1. The molecule has 4 heterocycles. The normalized spacial score (nSPS) is 27.2. The molecule has 3 saturated heterocycles. The van der Waals surface area contributed by atoms with Crippen LogP contribution in [0.4, 0.5) is 0 Å². The molecule has 1 atom stereocenters. The molecule has 0 radical (unpaired) electrons. The van der Waals surface area contributed by atoms with Crippen LogP contribution in [0, 0.1) is 5.92 Å². The summed E-state index contributed by atoms with van der Waals surface area (Å²) in [7, 11) is 0. The molecule has 2 aromatic rings. The summed E-state index contributed by atoms with van der Waals surface area (Å²) in [6.07, 6.45) is 2.78. The zero-order valence-corrected chi connectivity index (χ0v) is 13.9. The number of aromatic nitrogens is 2. The molecule has 1 aromatic heterocycles. The second kappa shape index (κ2) is 5.66. The van der Waals surface area contributed by atoms with Crippen molar-refractivity contribution in [3.05, 3.63) is 28.4 Å². The average Bonchev–Trinajstić information content (AvgIpc) is 2.90. The number of nitrogens with zero attached hydrogens (tertiary/aromatic N) is 2. The molecule has 0 saturated carbocycles. The van der Waals surface area contributed by atoms with Gasteiger partial charge in [-0.3, -0.25) is 9.89 Å². The summed E-state index contributed by atoms with van der Waals surface area (Å²) >= 11 is 3.47. The molecular weight excluding hydrogens is 344 g/mol. The monoisotopic (exact) mass is 362 g/mol. The molecule has 1 amide bonds. The number of amides is 1. The maximum absolute atomic E-state index is 12.4. The zero-order valence-electron chi connectivity index (χ0n) is 12.3. The van der Waals surface area contributed by atoms with Crippen molar-refractivity contribution < 1.29 is 4.79 Å². The van der Waals surface area contributed by atoms with E-state index in [1.165, 1.54) is 25.9 Å². The van der Waals surface area contributed by atoms with E-state index in [0.29, 0.717) is 18.4 Å². The molecule has 3 aliphatic heterocycles. The number of hydrogen-bond donors (Lipinski definition) is 2. The molecule has 5 rings (SSSR count). The van der Waals surface area contributed by atoms with Crippen LogP contribution in [0.3, 0.4) is 0 Å². The van der Waals surface area contributed by atoms with E-state index in [1.54, 1.807) is 0 Å². The summed E-state index contributed by atoms with van der Waals surface area (Å²) in [6, 6.07) is 6.23. The maximum atomic E-state index is 12.4. The van der Waals surface area contributed by atoms with Crippen molar-refractivity contribution in [2.75, 3.05) is 19.6 Å². The van der Waals surface area contributed by atoms with Crippen LogP contribution in [-0.4, -0.2) is 46.7 Å². The van der Waals surface area contributed by atoms with Crippen LogP contribution in [0.5, 0.6) is 0 Å². The molecule has 3 aliphatic rings. The van der Waals surface area contributed by atoms with Gasteiger partial charge in [-0.1, -0.05) is 15.9 Å². The Hall–Kier alpha value is -1.40. The van der Waals surface area contributed by atoms with Crippen molar-refractivity contribution in [2.24, 2.45) is 5.92 Å². The third kappa shape index (κ3) is 2.65. The van der Waals surface area contributed by atoms with E-state index < -0.39 is 0 Å². The summed E-state index contributed by atoms with van der Waals surface area (Å²) in [4.78, 5) is 14.8. The van der Waals surface area contributed by atoms with Crippen LogP contribution in [0.1, 0.15) is 18.5 Å². The van der Waals surface area contributed by atoms with Gasteiger partial charge >= 0.3 is 0 Å². The summed E-state index contributed by atoms with van der Waals surface area (Å²) < 4.78 is 1.00. The van der Waals surface area contributed by atoms with E-state index in [4.69, 9.17) is 0 Å². The number of aromatic amines is 1. The third-order valence-electron chi connectivity index (χ3n) is 4.93. The van der Waals surface area contributed by atoms with Gasteiger partial charge in [0.25, 0.3) is 0 Å². The summed E-state index contributed by atoms with van der Waals surface area (Å²) in [5.41, 5.74) is 1.78. The quantitative estimate of drug-likeness (QED) is 0.878. The highest BCUT2D eigenvalue weighted by Crippen LogP contribution is 2.27. The van der Waals surface area contributed by atoms with E-state index in [2.05, 4.69) is 36.3 Å². The topological polar surface area (TPSA) is 61.0 Å². The first-order chi connectivity index (χ1) is 10.7. The molecule has 3 fully saturated rings. The van der Waals surface area contributed by atoms with Gasteiger partial charge in [-0.05, 0) is 50.0 Å². The highest BCUT2D eigenvalue weighted by Gasteiger charge is 2.34. The van der Waals surface area contributed by atoms with Crippen molar-refractivity contribution in [2.45, 2.75) is 25.3 Å². The van der Waals surface area contributed by atoms with Crippen LogP contribution in [0.2, 0.25) is 0 Å². The number of benzene rings is 1. The van der Waals surface area contributed by atoms with Crippen LogP contribution in [0.25, 0.3) is 10.9 Å². The Bertz CT molecular complexity index is 705. The van der Waals surface area contributed by atoms with Gasteiger partial charge in [0, 0.05) is 22.4 Å². The molecule has 0 spiro atoms. The Morgan fingerprint density at radius 2 is 2.23 bits per heavy atom. The number of nitrogens with one attached hydrogen (secondary N) is 2. The predicted molar refractivity (Wildman–Crippen MR) is 88.6 cm³/mol. The van der Waals surface area contributed by atoms with Crippen molar-refractivity contribution in [1.82, 2.24) is 20.4 Å². The van der Waals surface area contributed by atoms with Gasteiger partial charge in [0.05, 0.1) is 17.6 Å². The van der Waals surface area contributed by atoms with Crippen LogP contribution in [-0.2, 0) is 11.2 Å². The van der Waals surface area contributed by atoms with Gasteiger partial charge in [0.2, 0.25) is 5.91 Å². The lowest BCUT2D eigenvalue weighted by molar-refractivity contribution is -0.122. The number of halogens is 1. The van der Waals surface area contributed by atoms with Crippen molar-refractivity contribution >= 4 is 32.7 Å². The average molecular weight is 363 g/mol. The maximum Gasteiger partial charge on any atom is 0.226 e. The minimum Gasteiger partial charge on any atom is -0.351 e. The Labute approximate surface area is 137 Å². The molecule has 1 unspecified atom stereocenters. The van der Waals surface area contributed by atoms with Gasteiger partial charge in [0.15, 0.2) is 0 Å². The minimum atomic E-state index is 0.0873. The number of H-pyrrole nitrogens is 1. The Morgan fingerprint density at radius 1 is 1.41 bits per heavy atom. The first-order valence-electron chi connectivity index (χ1n) is 7.83. The number of fused-ring (bicyclic) bond motifs is 4. The Kier molecular flexibility index (Phi) is 3.66. The van der Waals surface area contributed by atoms with E-state index >= 15 is 0 Å². The second-order valence-electron chi connectivity index (χ2n) is 6.35. The number of hydrogen-bond acceptors (Lipinski definition) is 3. The third-order valence-corrected chi connectivity index (χ3v) is 5.43. The fourth-order valence-electron chi connectivity index (χ4n) is 3.72. The summed E-state index contributed by atoms with van der Waals surface area (Å²) in [5, 5.41) is 11.5. The standard InChI is InChI=1S/C16H19BrN4O/c17-11-1-2-13-12(7-11)14(20-19-13)8-16(22)18-15-9-21-5-3-10(15)4-6-21/h1-2,7,10,15H,3-6,8-9H2,(H,18,22)(H,19,20). The van der Waals surface area contributed by atoms with Gasteiger partial charge in [0.1, 0.15) is 0 Å². The molecule has 6 heteroatoms. The Morgan fingerprint density at radius 3 is 2.95 bits per heavy atom. The van der Waals surface area contributed by atoms with Crippen LogP contribution in [0.15, 0.2) is 22.7 Å². The SMILES string of the molecule is O=C(Cc1[nH]nc2ccc(Br)cc12)NC1CN2CCC1CC2. The smallest absolute Gasteiger partial charge is 0.226 e. The Balaban J connectivity index is 1.46. The lowest BCUT2D eigenvalue weighted by atomic mass is 9.84. The lowest BCUT2D eigenvalue weighted by Crippen LogP contribution is -2.57. The van der Waals surface area contributed by atoms with Crippen molar-refractivity contribution in [3.63, 3.8) is 0 Å². The molecular formula is C16H19BrN4O. The summed E-state index contributed by atoms with van der Waals surface area (Å²) in [6.45, 7) is 3.39. The van der Waals surface area contributed by atoms with Crippen molar-refractivity contribution in [1.29, 1.82) is 0 Å². The highest BCUT2D eigenvalue weighted by molar-refractivity contribution is 9.10. The number of rotatable bonds is 3. The number of piperidine rings is 3. The molecule has 2 bridgehead atoms. The molecule has 1 aromatic carbocycles. The minimum absolute atomic E-state index is 0.0873. The fourth-order valence-corrected chi connectivity index (χ4v) is 4.08. The van der Waals surface area contributed by atoms with Gasteiger partial charge in [-0.2, -0.15) is 5.10 Å². The van der Waals surface area contributed by atoms with Crippen molar-refractivity contribution in [3.8, 4) is 0 Å². The molecule has 5 nitrogen and oxygen atoms in total. The predicted octanol–water partition coefficient (Wildman–Crippen LogP) is 2.08. The van der Waals surface area contributed by atoms with Crippen LogP contribution < -0.4 is 5.32 Å². The molecule has 116 valence electrons. The van der Waals surface area contributed by atoms with E-state index in [1.807, 2.05) is 18.2 Å². The summed E-state index contributed by atoms with van der Waals surface area (Å²) in [5.74, 6) is 0.742. The zero-order chi connectivity index (χ0) is 15.1. The fraction of sp³-hybridized carbons (Fsp3) is 0.500. The molecule has 0 aliphatic carbocycles. The number of carbonyl (C=O) groups is 1. The first kappa shape index (κ1) is 14.2. The first-order valence-corrected chi connectivity index (χ1v) is 8.62. The second-order valence-corrected chi connectivity index (χ2v) is 7.27. The van der Waals surface area contributed by atoms with Gasteiger partial charge in [-0.15, -0.1) is 0 Å². The van der Waals surface area contributed by atoms with Crippen LogP contribution >= 0.6 is 15.9 Å². The van der Waals surface area contributed by atoms with E-state index in [-0.39, 0.29) is 5.91 Å². The van der Waals surface area contributed by atoms with Gasteiger partial charge in [-0.25, -0.2) is 0 Å². The molecule has 22 heavy (non-hydrogen) atoms. The van der Waals surface area contributed by atoms with Gasteiger partial charge < -0.3 is 10.2 Å². The van der Waals surface area contributed by atoms with E-state index in [0.717, 1.165) is 27.6 Å². The molecule has 2 N–H and O–H groups in total. The van der Waals surface area contributed by atoms with E-state index in [9.17, 15) is 4.79 Å². The largest absolute Gasteiger partial charge is 0.351 e. The lowest BCUT2D eigenvalue weighted by Gasteiger charge is -2.44.